The van der Waals surface area contributed by atoms with Crippen LogP contribution in [0, 0.1) is 6.92 Å². The van der Waals surface area contributed by atoms with Gasteiger partial charge < -0.3 is 4.90 Å². The summed E-state index contributed by atoms with van der Waals surface area (Å²) in [6.45, 7) is 3.50. The van der Waals surface area contributed by atoms with E-state index in [1.165, 1.54) is 5.56 Å². The Balaban J connectivity index is 1.57. The molecule has 1 aliphatic heterocycles. The topological polar surface area (TPSA) is 61.9 Å². The Morgan fingerprint density at radius 3 is 2.96 bits per heavy atom. The highest BCUT2D eigenvalue weighted by molar-refractivity contribution is 5.97. The van der Waals surface area contributed by atoms with Gasteiger partial charge >= 0.3 is 0 Å². The number of H-pyrrole nitrogens is 1. The standard InChI is InChI=1S/C19H20N4O/c1-13-17-10-16(11-20-18(17)22-21-13)19(24)23-9-5-8-15(12-23)14-6-3-2-4-7-14/h2-4,6-7,10-11,15H,5,8-9,12H2,1H3,(H,20,21,22)/t15-/m1/s1. The number of amides is 1. The van der Waals surface area contributed by atoms with E-state index in [1.54, 1.807) is 6.20 Å². The number of carbonyl (C=O) groups is 1. The van der Waals surface area contributed by atoms with Gasteiger partial charge in [-0.2, -0.15) is 5.10 Å². The fraction of sp³-hybridized carbons (Fsp3) is 0.316. The van der Waals surface area contributed by atoms with Crippen LogP contribution >= 0.6 is 0 Å². The van der Waals surface area contributed by atoms with Gasteiger partial charge in [0.15, 0.2) is 5.65 Å². The Morgan fingerprint density at radius 1 is 1.29 bits per heavy atom. The van der Waals surface area contributed by atoms with Crippen LogP contribution in [0.1, 0.15) is 40.4 Å². The van der Waals surface area contributed by atoms with Crippen molar-refractivity contribution in [3.8, 4) is 0 Å². The fourth-order valence-electron chi connectivity index (χ4n) is 3.49. The summed E-state index contributed by atoms with van der Waals surface area (Å²) >= 11 is 0. The minimum absolute atomic E-state index is 0.0608. The zero-order chi connectivity index (χ0) is 16.5. The summed E-state index contributed by atoms with van der Waals surface area (Å²) in [6.07, 6.45) is 3.81. The highest BCUT2D eigenvalue weighted by Crippen LogP contribution is 2.27. The molecule has 5 nitrogen and oxygen atoms in total. The Bertz CT molecular complexity index is 871. The third-order valence-electron chi connectivity index (χ3n) is 4.83. The molecule has 0 radical (unpaired) electrons. The molecule has 122 valence electrons. The van der Waals surface area contributed by atoms with Crippen molar-refractivity contribution in [2.75, 3.05) is 13.1 Å². The van der Waals surface area contributed by atoms with Gasteiger partial charge in [-0.15, -0.1) is 0 Å². The molecule has 1 fully saturated rings. The smallest absolute Gasteiger partial charge is 0.255 e. The third kappa shape index (κ3) is 2.66. The highest BCUT2D eigenvalue weighted by Gasteiger charge is 2.25. The molecule has 0 aliphatic carbocycles. The second-order valence-electron chi connectivity index (χ2n) is 6.43. The zero-order valence-electron chi connectivity index (χ0n) is 13.7. The maximum Gasteiger partial charge on any atom is 0.255 e. The molecule has 24 heavy (non-hydrogen) atoms. The second-order valence-corrected chi connectivity index (χ2v) is 6.43. The summed E-state index contributed by atoms with van der Waals surface area (Å²) in [4.78, 5) is 19.2. The van der Waals surface area contributed by atoms with Gasteiger partial charge in [0.05, 0.1) is 11.3 Å². The molecule has 0 spiro atoms. The van der Waals surface area contributed by atoms with Gasteiger partial charge in [0, 0.05) is 30.6 Å². The lowest BCUT2D eigenvalue weighted by Crippen LogP contribution is -2.39. The number of aromatic amines is 1. The van der Waals surface area contributed by atoms with Crippen molar-refractivity contribution in [1.82, 2.24) is 20.1 Å². The van der Waals surface area contributed by atoms with Crippen LogP contribution in [0.5, 0.6) is 0 Å². The Labute approximate surface area is 140 Å². The van der Waals surface area contributed by atoms with Gasteiger partial charge in [-0.05, 0) is 31.4 Å². The SMILES string of the molecule is Cc1n[nH]c2ncc(C(=O)N3CCC[C@@H](c4ccccc4)C3)cc12. The number of hydrogen-bond donors (Lipinski definition) is 1. The Morgan fingerprint density at radius 2 is 2.12 bits per heavy atom. The molecular formula is C19H20N4O. The summed E-state index contributed by atoms with van der Waals surface area (Å²) in [5.74, 6) is 0.474. The number of benzene rings is 1. The quantitative estimate of drug-likeness (QED) is 0.788. The van der Waals surface area contributed by atoms with Crippen molar-refractivity contribution in [2.24, 2.45) is 0 Å². The van der Waals surface area contributed by atoms with Gasteiger partial charge in [0.25, 0.3) is 5.91 Å². The summed E-state index contributed by atoms with van der Waals surface area (Å²) < 4.78 is 0. The van der Waals surface area contributed by atoms with Crippen molar-refractivity contribution in [3.63, 3.8) is 0 Å². The number of carbonyl (C=O) groups excluding carboxylic acids is 1. The van der Waals surface area contributed by atoms with Crippen molar-refractivity contribution < 1.29 is 4.79 Å². The maximum absolute atomic E-state index is 12.9. The van der Waals surface area contributed by atoms with E-state index in [-0.39, 0.29) is 5.91 Å². The van der Waals surface area contributed by atoms with Crippen LogP contribution in [0.25, 0.3) is 11.0 Å². The molecule has 0 bridgehead atoms. The third-order valence-corrected chi connectivity index (χ3v) is 4.83. The molecule has 3 aromatic rings. The van der Waals surface area contributed by atoms with Gasteiger partial charge in [0.1, 0.15) is 0 Å². The molecule has 2 aromatic heterocycles. The second kappa shape index (κ2) is 6.07. The van der Waals surface area contributed by atoms with Crippen LogP contribution in [-0.4, -0.2) is 39.1 Å². The van der Waals surface area contributed by atoms with E-state index in [4.69, 9.17) is 0 Å². The average molecular weight is 320 g/mol. The van der Waals surface area contributed by atoms with Crippen LogP contribution in [0.4, 0.5) is 0 Å². The number of nitrogens with one attached hydrogen (secondary N) is 1. The van der Waals surface area contributed by atoms with Crippen molar-refractivity contribution >= 4 is 16.9 Å². The monoisotopic (exact) mass is 320 g/mol. The van der Waals surface area contributed by atoms with Crippen LogP contribution < -0.4 is 0 Å². The van der Waals surface area contributed by atoms with Crippen LogP contribution in [0.15, 0.2) is 42.6 Å². The molecule has 5 heteroatoms. The molecular weight excluding hydrogens is 300 g/mol. The number of nitrogens with zero attached hydrogens (tertiary/aromatic N) is 3. The predicted molar refractivity (Wildman–Crippen MR) is 92.9 cm³/mol. The maximum atomic E-state index is 12.9. The Hall–Kier alpha value is -2.69. The number of fused-ring (bicyclic) bond motifs is 1. The zero-order valence-corrected chi connectivity index (χ0v) is 13.7. The first-order valence-corrected chi connectivity index (χ1v) is 8.37. The first-order valence-electron chi connectivity index (χ1n) is 8.37. The number of rotatable bonds is 2. The average Bonchev–Trinajstić information content (AvgIpc) is 3.02. The summed E-state index contributed by atoms with van der Waals surface area (Å²) in [6, 6.07) is 12.4. The minimum Gasteiger partial charge on any atom is -0.338 e. The summed E-state index contributed by atoms with van der Waals surface area (Å²) in [7, 11) is 0. The van der Waals surface area contributed by atoms with Crippen molar-refractivity contribution in [1.29, 1.82) is 0 Å². The van der Waals surface area contributed by atoms with E-state index < -0.39 is 0 Å². The molecule has 3 heterocycles. The number of pyridine rings is 1. The molecule has 1 N–H and O–H groups in total. The van der Waals surface area contributed by atoms with E-state index in [2.05, 4.69) is 39.4 Å². The van der Waals surface area contributed by atoms with E-state index in [9.17, 15) is 4.79 Å². The number of likely N-dealkylation sites (tertiary alicyclic amines) is 1. The van der Waals surface area contributed by atoms with Gasteiger partial charge in [-0.25, -0.2) is 4.98 Å². The number of hydrogen-bond acceptors (Lipinski definition) is 3. The van der Waals surface area contributed by atoms with Crippen LogP contribution in [0.2, 0.25) is 0 Å². The van der Waals surface area contributed by atoms with Crippen molar-refractivity contribution in [3.05, 3.63) is 59.4 Å². The number of aryl methyl sites for hydroxylation is 1. The largest absolute Gasteiger partial charge is 0.338 e. The molecule has 1 atom stereocenters. The molecule has 1 amide bonds. The molecule has 1 aromatic carbocycles. The van der Waals surface area contributed by atoms with Gasteiger partial charge in [0.2, 0.25) is 0 Å². The lowest BCUT2D eigenvalue weighted by molar-refractivity contribution is 0.0707. The molecule has 0 unspecified atom stereocenters. The molecule has 1 saturated heterocycles. The lowest BCUT2D eigenvalue weighted by atomic mass is 9.90. The van der Waals surface area contributed by atoms with E-state index >= 15 is 0 Å². The Kier molecular flexibility index (Phi) is 3.76. The first kappa shape index (κ1) is 14.9. The molecule has 1 aliphatic rings. The molecule has 4 rings (SSSR count). The lowest BCUT2D eigenvalue weighted by Gasteiger charge is -2.33. The number of aromatic nitrogens is 3. The van der Waals surface area contributed by atoms with E-state index in [1.807, 2.05) is 24.0 Å². The van der Waals surface area contributed by atoms with Gasteiger partial charge in [-0.3, -0.25) is 9.89 Å². The first-order chi connectivity index (χ1) is 11.7. The van der Waals surface area contributed by atoms with E-state index in [0.717, 1.165) is 42.7 Å². The minimum atomic E-state index is 0.0608. The summed E-state index contributed by atoms with van der Waals surface area (Å²) in [5, 5.41) is 7.94. The summed E-state index contributed by atoms with van der Waals surface area (Å²) in [5.41, 5.74) is 3.55. The molecule has 0 saturated carbocycles. The number of piperidine rings is 1. The van der Waals surface area contributed by atoms with Crippen molar-refractivity contribution in [2.45, 2.75) is 25.7 Å². The van der Waals surface area contributed by atoms with Crippen LogP contribution in [-0.2, 0) is 0 Å². The highest BCUT2D eigenvalue weighted by atomic mass is 16.2. The van der Waals surface area contributed by atoms with E-state index in [0.29, 0.717) is 11.5 Å². The predicted octanol–water partition coefficient (Wildman–Crippen LogP) is 3.29. The van der Waals surface area contributed by atoms with Crippen LogP contribution in [0.3, 0.4) is 0 Å². The normalized spacial score (nSPS) is 18.0. The fourth-order valence-corrected chi connectivity index (χ4v) is 3.49. The van der Waals surface area contributed by atoms with Gasteiger partial charge in [-0.1, -0.05) is 30.3 Å².